The van der Waals surface area contributed by atoms with Gasteiger partial charge in [-0.05, 0) is 32.0 Å². The lowest BCUT2D eigenvalue weighted by Gasteiger charge is -2.32. The molecule has 0 radical (unpaired) electrons. The first-order valence-corrected chi connectivity index (χ1v) is 9.16. The number of sulfone groups is 1. The summed E-state index contributed by atoms with van der Waals surface area (Å²) in [5, 5.41) is 1.68. The van der Waals surface area contributed by atoms with Gasteiger partial charge < -0.3 is 0 Å². The van der Waals surface area contributed by atoms with Gasteiger partial charge in [0.2, 0.25) is 0 Å². The number of nitrogens with one attached hydrogen (secondary N) is 1. The number of hydrogen-bond acceptors (Lipinski definition) is 4. The van der Waals surface area contributed by atoms with Crippen molar-refractivity contribution in [1.29, 1.82) is 0 Å². The number of anilines is 1. The molecule has 1 aromatic rings. The molecule has 5 nitrogen and oxygen atoms in total. The molecular weight excluding hydrogens is 336 g/mol. The Labute approximate surface area is 140 Å². The van der Waals surface area contributed by atoms with Crippen LogP contribution >= 0.6 is 11.6 Å². The number of carbonyl (C=O) groups is 1. The second kappa shape index (κ2) is 5.11. The highest BCUT2D eigenvalue weighted by molar-refractivity contribution is 7.94. The number of amides is 1. The minimum absolute atomic E-state index is 0.128. The molecule has 23 heavy (non-hydrogen) atoms. The smallest absolute Gasteiger partial charge is 0.273 e. The fourth-order valence-corrected chi connectivity index (χ4v) is 5.51. The number of halogens is 1. The molecule has 7 heteroatoms. The number of nitrogens with zero attached hydrogens (tertiary/aromatic N) is 1. The first-order valence-electron chi connectivity index (χ1n) is 7.13. The molecule has 3 rings (SSSR count). The molecule has 0 saturated carbocycles. The third kappa shape index (κ3) is 2.20. The summed E-state index contributed by atoms with van der Waals surface area (Å²) < 4.78 is 24.0. The number of benzene rings is 1. The largest absolute Gasteiger partial charge is 0.294 e. The first kappa shape index (κ1) is 16.1. The Kier molecular flexibility index (Phi) is 3.57. The van der Waals surface area contributed by atoms with Gasteiger partial charge in [0.05, 0.1) is 17.1 Å². The van der Waals surface area contributed by atoms with Crippen LogP contribution in [0.25, 0.3) is 0 Å². The van der Waals surface area contributed by atoms with E-state index in [0.717, 1.165) is 11.1 Å². The molecule has 1 fully saturated rings. The Bertz CT molecular complexity index is 860. The van der Waals surface area contributed by atoms with Gasteiger partial charge in [0.15, 0.2) is 14.6 Å². The molecular formula is C16H17ClN2O3S. The van der Waals surface area contributed by atoms with Crippen LogP contribution in [-0.4, -0.2) is 24.8 Å². The number of rotatable bonds is 1. The summed E-state index contributed by atoms with van der Waals surface area (Å²) in [6.45, 7) is 7.46. The number of allylic oxidation sites excluding steroid dienone is 1. The maximum absolute atomic E-state index is 13.0. The summed E-state index contributed by atoms with van der Waals surface area (Å²) >= 11 is 5.97. The van der Waals surface area contributed by atoms with Crippen LogP contribution < -0.4 is 10.4 Å². The van der Waals surface area contributed by atoms with E-state index in [2.05, 4.69) is 12.0 Å². The fraction of sp³-hybridized carbons (Fsp3) is 0.312. The lowest BCUT2D eigenvalue weighted by atomic mass is 9.93. The molecule has 1 amide bonds. The van der Waals surface area contributed by atoms with Gasteiger partial charge in [-0.2, -0.15) is 0 Å². The van der Waals surface area contributed by atoms with Crippen LogP contribution in [0.15, 0.2) is 47.7 Å². The van der Waals surface area contributed by atoms with E-state index >= 15 is 0 Å². The molecule has 0 aromatic heterocycles. The monoisotopic (exact) mass is 352 g/mol. The van der Waals surface area contributed by atoms with E-state index in [4.69, 9.17) is 11.6 Å². The number of hydrogen-bond donors (Lipinski definition) is 1. The quantitative estimate of drug-likeness (QED) is 0.789. The predicted molar refractivity (Wildman–Crippen MR) is 90.7 cm³/mol. The Morgan fingerprint density at radius 3 is 2.65 bits per heavy atom. The van der Waals surface area contributed by atoms with Crippen molar-refractivity contribution < 1.29 is 13.2 Å². The Morgan fingerprint density at radius 2 is 2.00 bits per heavy atom. The summed E-state index contributed by atoms with van der Waals surface area (Å²) in [7, 11) is -3.70. The van der Waals surface area contributed by atoms with Gasteiger partial charge >= 0.3 is 0 Å². The molecule has 2 aliphatic heterocycles. The van der Waals surface area contributed by atoms with Gasteiger partial charge in [-0.25, -0.2) is 13.4 Å². The van der Waals surface area contributed by atoms with Gasteiger partial charge in [-0.15, -0.1) is 0 Å². The predicted octanol–water partition coefficient (Wildman–Crippen LogP) is 2.60. The highest BCUT2D eigenvalue weighted by Gasteiger charge is 2.61. The average molecular weight is 353 g/mol. The lowest BCUT2D eigenvalue weighted by Crippen LogP contribution is -2.51. The van der Waals surface area contributed by atoms with Gasteiger partial charge in [0, 0.05) is 11.4 Å². The maximum atomic E-state index is 13.0. The van der Waals surface area contributed by atoms with E-state index in [1.807, 2.05) is 6.92 Å². The third-order valence-electron chi connectivity index (χ3n) is 4.53. The normalized spacial score (nSPS) is 26.8. The van der Waals surface area contributed by atoms with Crippen molar-refractivity contribution in [2.24, 2.45) is 0 Å². The molecule has 122 valence electrons. The van der Waals surface area contributed by atoms with Crippen molar-refractivity contribution in [1.82, 2.24) is 5.43 Å². The topological polar surface area (TPSA) is 66.5 Å². The second-order valence-corrected chi connectivity index (χ2v) is 8.69. The van der Waals surface area contributed by atoms with Crippen LogP contribution in [-0.2, 0) is 14.6 Å². The molecule has 2 heterocycles. The molecule has 0 bridgehead atoms. The van der Waals surface area contributed by atoms with Crippen molar-refractivity contribution in [3.63, 3.8) is 0 Å². The average Bonchev–Trinajstić information content (AvgIpc) is 2.71. The van der Waals surface area contributed by atoms with Crippen molar-refractivity contribution in [3.05, 3.63) is 52.7 Å². The van der Waals surface area contributed by atoms with Crippen LogP contribution in [0.1, 0.15) is 20.3 Å². The van der Waals surface area contributed by atoms with E-state index in [-0.39, 0.29) is 17.9 Å². The minimum atomic E-state index is -3.70. The molecule has 1 aromatic carbocycles. The van der Waals surface area contributed by atoms with Gasteiger partial charge in [-0.1, -0.05) is 35.4 Å². The maximum Gasteiger partial charge on any atom is 0.273 e. The standard InChI is InChI=1S/C16H17ClN2O3S/c1-10-8-16(23(21,22)9-11(10)2)12(3)18-19(15(16)20)14-6-4-5-13(17)7-14/h4-7,18H,3,8-9H2,1-2H3/t16-/m0/s1. The first-order chi connectivity index (χ1) is 10.7. The number of hydrazine groups is 1. The highest BCUT2D eigenvalue weighted by atomic mass is 35.5. The van der Waals surface area contributed by atoms with Crippen molar-refractivity contribution in [3.8, 4) is 0 Å². The van der Waals surface area contributed by atoms with Crippen LogP contribution in [0.2, 0.25) is 5.02 Å². The van der Waals surface area contributed by atoms with Gasteiger partial charge in [-0.3, -0.25) is 10.2 Å². The van der Waals surface area contributed by atoms with E-state index in [0.29, 0.717) is 10.7 Å². The van der Waals surface area contributed by atoms with Gasteiger partial charge in [0.25, 0.3) is 5.91 Å². The summed E-state index contributed by atoms with van der Waals surface area (Å²) in [5.74, 6) is -0.661. The summed E-state index contributed by atoms with van der Waals surface area (Å²) in [6.07, 6.45) is 0.128. The van der Waals surface area contributed by atoms with E-state index in [1.54, 1.807) is 31.2 Å². The van der Waals surface area contributed by atoms with Crippen LogP contribution in [0.3, 0.4) is 0 Å². The highest BCUT2D eigenvalue weighted by Crippen LogP contribution is 2.43. The van der Waals surface area contributed by atoms with E-state index in [1.165, 1.54) is 5.01 Å². The molecule has 1 spiro atoms. The number of carbonyl (C=O) groups excluding carboxylic acids is 1. The molecule has 1 atom stereocenters. The van der Waals surface area contributed by atoms with Crippen LogP contribution in [0.4, 0.5) is 5.69 Å². The fourth-order valence-electron chi connectivity index (χ4n) is 3.05. The zero-order valence-electron chi connectivity index (χ0n) is 12.9. The summed E-state index contributed by atoms with van der Waals surface area (Å²) in [6, 6.07) is 6.67. The molecule has 0 aliphatic carbocycles. The molecule has 0 unspecified atom stereocenters. The summed E-state index contributed by atoms with van der Waals surface area (Å²) in [5.41, 5.74) is 5.20. The van der Waals surface area contributed by atoms with Crippen molar-refractivity contribution in [2.75, 3.05) is 10.8 Å². The molecule has 1 saturated heterocycles. The summed E-state index contributed by atoms with van der Waals surface area (Å²) in [4.78, 5) is 13.0. The molecule has 2 aliphatic rings. The zero-order chi connectivity index (χ0) is 17.0. The van der Waals surface area contributed by atoms with Crippen molar-refractivity contribution in [2.45, 2.75) is 25.0 Å². The van der Waals surface area contributed by atoms with Crippen molar-refractivity contribution >= 4 is 33.0 Å². The Balaban J connectivity index is 2.12. The van der Waals surface area contributed by atoms with Crippen LogP contribution in [0, 0.1) is 0 Å². The van der Waals surface area contributed by atoms with Gasteiger partial charge in [0.1, 0.15) is 0 Å². The zero-order valence-corrected chi connectivity index (χ0v) is 14.5. The third-order valence-corrected chi connectivity index (χ3v) is 7.20. The lowest BCUT2D eigenvalue weighted by molar-refractivity contribution is -0.119. The Morgan fingerprint density at radius 1 is 1.30 bits per heavy atom. The van der Waals surface area contributed by atoms with E-state index < -0.39 is 20.5 Å². The second-order valence-electron chi connectivity index (χ2n) is 6.03. The SMILES string of the molecule is C=C1NN(c2cccc(Cl)c2)C(=O)[C@]12CC(C)=C(C)CS2(=O)=O. The van der Waals surface area contributed by atoms with E-state index in [9.17, 15) is 13.2 Å². The minimum Gasteiger partial charge on any atom is -0.294 e. The van der Waals surface area contributed by atoms with Crippen LogP contribution in [0.5, 0.6) is 0 Å². The molecule has 1 N–H and O–H groups in total. The Hall–Kier alpha value is -1.79.